The monoisotopic (exact) mass is 349 g/mol. The molecule has 25 heavy (non-hydrogen) atoms. The molecule has 1 saturated carbocycles. The highest BCUT2D eigenvalue weighted by molar-refractivity contribution is 5.66. The zero-order chi connectivity index (χ0) is 17.6. The van der Waals surface area contributed by atoms with Crippen molar-refractivity contribution in [1.82, 2.24) is 15.1 Å². The zero-order valence-electron chi connectivity index (χ0n) is 15.5. The predicted molar refractivity (Wildman–Crippen MR) is 95.8 cm³/mol. The highest BCUT2D eigenvalue weighted by Crippen LogP contribution is 2.38. The van der Waals surface area contributed by atoms with Crippen LogP contribution in [0.3, 0.4) is 0 Å². The average molecular weight is 349 g/mol. The molecule has 2 fully saturated rings. The Bertz CT molecular complexity index is 562. The number of nitrogens with zero attached hydrogens (tertiary/aromatic N) is 2. The molecule has 6 heteroatoms. The molecule has 6 nitrogen and oxygen atoms in total. The lowest BCUT2D eigenvalue weighted by atomic mass is 10.0. The van der Waals surface area contributed by atoms with E-state index in [2.05, 4.69) is 27.7 Å². The van der Waals surface area contributed by atoms with Gasteiger partial charge in [0.15, 0.2) is 0 Å². The summed E-state index contributed by atoms with van der Waals surface area (Å²) >= 11 is 0. The smallest absolute Gasteiger partial charge is 0.406 e. The van der Waals surface area contributed by atoms with Crippen molar-refractivity contribution in [1.29, 1.82) is 0 Å². The van der Waals surface area contributed by atoms with Crippen molar-refractivity contribution in [3.05, 3.63) is 17.5 Å². The molecule has 2 aliphatic rings. The summed E-state index contributed by atoms with van der Waals surface area (Å²) in [5, 5.41) is 7.75. The van der Waals surface area contributed by atoms with Gasteiger partial charge in [-0.15, -0.1) is 0 Å². The van der Waals surface area contributed by atoms with Crippen LogP contribution < -0.4 is 5.32 Å². The zero-order valence-corrected chi connectivity index (χ0v) is 15.5. The van der Waals surface area contributed by atoms with Gasteiger partial charge in [-0.2, -0.15) is 5.10 Å². The summed E-state index contributed by atoms with van der Waals surface area (Å²) in [6, 6.07) is 2.74. The Balaban J connectivity index is 1.64. The van der Waals surface area contributed by atoms with Crippen molar-refractivity contribution in [3.63, 3.8) is 0 Å². The molecule has 2 heterocycles. The summed E-state index contributed by atoms with van der Waals surface area (Å²) in [6.07, 6.45) is 7.54. The molecule has 1 atom stereocenters. The lowest BCUT2D eigenvalue weighted by Gasteiger charge is -2.24. The fourth-order valence-electron chi connectivity index (χ4n) is 3.63. The maximum absolute atomic E-state index is 11.2. The minimum atomic E-state index is -0.364. The Hall–Kier alpha value is -1.56. The highest BCUT2D eigenvalue weighted by Gasteiger charge is 2.27. The van der Waals surface area contributed by atoms with E-state index >= 15 is 0 Å². The number of alkyl carbamates (subject to hydrolysis) is 1. The van der Waals surface area contributed by atoms with Gasteiger partial charge in [-0.05, 0) is 44.1 Å². The molecule has 1 amide bonds. The van der Waals surface area contributed by atoms with Crippen LogP contribution in [-0.2, 0) is 15.9 Å². The van der Waals surface area contributed by atoms with Crippen LogP contribution in [0, 0.1) is 5.92 Å². The number of carbonyl (C=O) groups excluding carboxylic acids is 1. The standard InChI is InChI=1S/C19H31N3O3/c1-14(12-15-5-6-15)18-13-17(4-3-9-20-19(23)24-2)22(21-18)16-7-10-25-11-8-16/h13-16H,3-12H2,1-2H3,(H,20,23)/t14-/m0/s1. The highest BCUT2D eigenvalue weighted by atomic mass is 16.5. The Kier molecular flexibility index (Phi) is 6.34. The summed E-state index contributed by atoms with van der Waals surface area (Å²) in [5.41, 5.74) is 2.52. The van der Waals surface area contributed by atoms with Crippen LogP contribution in [0.15, 0.2) is 6.07 Å². The van der Waals surface area contributed by atoms with Crippen LogP contribution in [0.4, 0.5) is 4.79 Å². The number of methoxy groups -OCH3 is 1. The first kappa shape index (κ1) is 18.2. The summed E-state index contributed by atoms with van der Waals surface area (Å²) < 4.78 is 12.4. The van der Waals surface area contributed by atoms with Crippen LogP contribution >= 0.6 is 0 Å². The molecule has 140 valence electrons. The maximum Gasteiger partial charge on any atom is 0.406 e. The van der Waals surface area contributed by atoms with Gasteiger partial charge >= 0.3 is 6.09 Å². The van der Waals surface area contributed by atoms with E-state index in [0.29, 0.717) is 18.5 Å². The molecule has 1 aliphatic carbocycles. The molecular formula is C19H31N3O3. The van der Waals surface area contributed by atoms with Gasteiger partial charge in [0.25, 0.3) is 0 Å². The SMILES string of the molecule is COC(=O)NCCCc1cc([C@@H](C)CC2CC2)nn1C1CCOCC1. The van der Waals surface area contributed by atoms with Crippen LogP contribution in [-0.4, -0.2) is 42.7 Å². The van der Waals surface area contributed by atoms with E-state index < -0.39 is 0 Å². The van der Waals surface area contributed by atoms with Gasteiger partial charge in [0.05, 0.1) is 18.8 Å². The van der Waals surface area contributed by atoms with Crippen LogP contribution in [0.25, 0.3) is 0 Å². The average Bonchev–Trinajstić information content (AvgIpc) is 3.35. The number of aryl methyl sites for hydroxylation is 1. The van der Waals surface area contributed by atoms with E-state index in [0.717, 1.165) is 44.8 Å². The third-order valence-corrected chi connectivity index (χ3v) is 5.32. The number of aromatic nitrogens is 2. The first-order valence-electron chi connectivity index (χ1n) is 9.65. The molecule has 1 aromatic rings. The van der Waals surface area contributed by atoms with Gasteiger partial charge in [-0.3, -0.25) is 4.68 Å². The fourth-order valence-corrected chi connectivity index (χ4v) is 3.63. The van der Waals surface area contributed by atoms with Crippen molar-refractivity contribution >= 4 is 6.09 Å². The lowest BCUT2D eigenvalue weighted by molar-refractivity contribution is 0.0652. The van der Waals surface area contributed by atoms with Crippen LogP contribution in [0.5, 0.6) is 0 Å². The molecule has 0 radical (unpaired) electrons. The first-order chi connectivity index (χ1) is 12.2. The van der Waals surface area contributed by atoms with Gasteiger partial charge < -0.3 is 14.8 Å². The van der Waals surface area contributed by atoms with Crippen molar-refractivity contribution in [3.8, 4) is 0 Å². The number of hydrogen-bond acceptors (Lipinski definition) is 4. The molecule has 3 rings (SSSR count). The largest absolute Gasteiger partial charge is 0.453 e. The fraction of sp³-hybridized carbons (Fsp3) is 0.789. The predicted octanol–water partition coefficient (Wildman–Crippen LogP) is 3.43. The van der Waals surface area contributed by atoms with Crippen molar-refractivity contribution in [2.45, 2.75) is 63.8 Å². The molecule has 1 N–H and O–H groups in total. The van der Waals surface area contributed by atoms with E-state index in [1.54, 1.807) is 0 Å². The molecule has 0 bridgehead atoms. The minimum absolute atomic E-state index is 0.364. The Morgan fingerprint density at radius 2 is 2.16 bits per heavy atom. The number of amides is 1. The number of hydrogen-bond donors (Lipinski definition) is 1. The molecule has 1 saturated heterocycles. The summed E-state index contributed by atoms with van der Waals surface area (Å²) in [7, 11) is 1.39. The van der Waals surface area contributed by atoms with Gasteiger partial charge in [-0.1, -0.05) is 19.8 Å². The van der Waals surface area contributed by atoms with E-state index in [-0.39, 0.29) is 6.09 Å². The minimum Gasteiger partial charge on any atom is -0.453 e. The third-order valence-electron chi connectivity index (χ3n) is 5.32. The molecule has 0 unspecified atom stereocenters. The van der Waals surface area contributed by atoms with E-state index in [1.165, 1.54) is 37.8 Å². The second-order valence-corrected chi connectivity index (χ2v) is 7.45. The number of carbonyl (C=O) groups is 1. The van der Waals surface area contributed by atoms with Gasteiger partial charge in [0, 0.05) is 31.4 Å². The van der Waals surface area contributed by atoms with Crippen LogP contribution in [0.1, 0.15) is 68.8 Å². The van der Waals surface area contributed by atoms with E-state index in [9.17, 15) is 4.79 Å². The van der Waals surface area contributed by atoms with Crippen LogP contribution in [0.2, 0.25) is 0 Å². The van der Waals surface area contributed by atoms with Crippen molar-refractivity contribution < 1.29 is 14.3 Å². The number of rotatable bonds is 8. The molecular weight excluding hydrogens is 318 g/mol. The first-order valence-corrected chi connectivity index (χ1v) is 9.65. The normalized spacial score (nSPS) is 19.6. The number of ether oxygens (including phenoxy) is 2. The lowest BCUT2D eigenvalue weighted by Crippen LogP contribution is -2.25. The van der Waals surface area contributed by atoms with E-state index in [4.69, 9.17) is 9.84 Å². The summed E-state index contributed by atoms with van der Waals surface area (Å²) in [5.74, 6) is 1.44. The summed E-state index contributed by atoms with van der Waals surface area (Å²) in [6.45, 7) is 4.57. The quantitative estimate of drug-likeness (QED) is 0.730. The Labute approximate surface area is 150 Å². The maximum atomic E-state index is 11.2. The topological polar surface area (TPSA) is 65.4 Å². The molecule has 1 aliphatic heterocycles. The van der Waals surface area contributed by atoms with Gasteiger partial charge in [-0.25, -0.2) is 4.79 Å². The van der Waals surface area contributed by atoms with E-state index in [1.807, 2.05) is 0 Å². The third kappa shape index (κ3) is 5.21. The van der Waals surface area contributed by atoms with Crippen molar-refractivity contribution in [2.24, 2.45) is 5.92 Å². The molecule has 0 spiro atoms. The number of nitrogens with one attached hydrogen (secondary N) is 1. The second kappa shape index (κ2) is 8.70. The molecule has 0 aromatic carbocycles. The summed E-state index contributed by atoms with van der Waals surface area (Å²) in [4.78, 5) is 11.2. The Morgan fingerprint density at radius 3 is 2.84 bits per heavy atom. The second-order valence-electron chi connectivity index (χ2n) is 7.45. The van der Waals surface area contributed by atoms with Gasteiger partial charge in [0.2, 0.25) is 0 Å². The Morgan fingerprint density at radius 1 is 1.40 bits per heavy atom. The molecule has 1 aromatic heterocycles. The van der Waals surface area contributed by atoms with Crippen molar-refractivity contribution in [2.75, 3.05) is 26.9 Å². The van der Waals surface area contributed by atoms with Gasteiger partial charge in [0.1, 0.15) is 0 Å².